The van der Waals surface area contributed by atoms with Gasteiger partial charge in [-0.1, -0.05) is 6.42 Å². The summed E-state index contributed by atoms with van der Waals surface area (Å²) in [5.41, 5.74) is 1.66. The van der Waals surface area contributed by atoms with E-state index in [1.54, 1.807) is 11.5 Å². The monoisotopic (exact) mass is 100 g/mol. The van der Waals surface area contributed by atoms with Gasteiger partial charge in [-0.25, -0.2) is 10.6 Å². The number of terminal acetylenes is 1. The summed E-state index contributed by atoms with van der Waals surface area (Å²) >= 11 is 0. The van der Waals surface area contributed by atoms with E-state index in [0.29, 0.717) is 0 Å². The SMILES string of the molecule is C#COC(=O)NN. The lowest BCUT2D eigenvalue weighted by molar-refractivity contribution is 0.192. The molecule has 0 bridgehead atoms. The maximum absolute atomic E-state index is 9.81. The van der Waals surface area contributed by atoms with Crippen LogP contribution in [0.5, 0.6) is 0 Å². The molecule has 0 unspecified atom stereocenters. The molecule has 7 heavy (non-hydrogen) atoms. The minimum atomic E-state index is -0.831. The van der Waals surface area contributed by atoms with Crippen molar-refractivity contribution in [3.8, 4) is 12.5 Å². The maximum Gasteiger partial charge on any atom is 0.435 e. The van der Waals surface area contributed by atoms with Gasteiger partial charge in [0.2, 0.25) is 0 Å². The van der Waals surface area contributed by atoms with Crippen molar-refractivity contribution >= 4 is 6.09 Å². The maximum atomic E-state index is 9.81. The molecule has 0 atom stereocenters. The van der Waals surface area contributed by atoms with E-state index in [4.69, 9.17) is 0 Å². The summed E-state index contributed by atoms with van der Waals surface area (Å²) in [5.74, 6) is 4.54. The molecule has 4 nitrogen and oxygen atoms in total. The Bertz CT molecular complexity index is 104. The molecule has 0 saturated carbocycles. The van der Waals surface area contributed by atoms with Gasteiger partial charge in [-0.2, -0.15) is 0 Å². The van der Waals surface area contributed by atoms with Crippen molar-refractivity contribution in [2.75, 3.05) is 0 Å². The van der Waals surface area contributed by atoms with Gasteiger partial charge in [-0.15, -0.1) is 0 Å². The molecule has 38 valence electrons. The number of ether oxygens (including phenoxy) is 1. The van der Waals surface area contributed by atoms with Gasteiger partial charge in [-0.05, 0) is 0 Å². The summed E-state index contributed by atoms with van der Waals surface area (Å²) in [7, 11) is 0. The molecule has 0 aromatic heterocycles. The number of rotatable bonds is 0. The lowest BCUT2D eigenvalue weighted by Crippen LogP contribution is -2.29. The van der Waals surface area contributed by atoms with E-state index in [1.807, 2.05) is 0 Å². The Balaban J connectivity index is 3.23. The standard InChI is InChI=1S/C3H4N2O2/c1-2-7-3(6)5-4/h1H,4H2,(H,5,6). The summed E-state index contributed by atoms with van der Waals surface area (Å²) in [6, 6.07) is 0. The third kappa shape index (κ3) is 2.60. The average Bonchev–Trinajstić information content (AvgIpc) is 1.68. The predicted molar refractivity (Wildman–Crippen MR) is 22.6 cm³/mol. The Morgan fingerprint density at radius 3 is 2.71 bits per heavy atom. The van der Waals surface area contributed by atoms with Crippen LogP contribution < -0.4 is 11.3 Å². The second-order valence-corrected chi connectivity index (χ2v) is 0.652. The normalized spacial score (nSPS) is 6.29. The molecule has 0 aliphatic rings. The molecule has 0 radical (unpaired) electrons. The van der Waals surface area contributed by atoms with E-state index in [0.717, 1.165) is 0 Å². The summed E-state index contributed by atoms with van der Waals surface area (Å²) in [6.07, 6.45) is 5.31. The van der Waals surface area contributed by atoms with Crippen molar-refractivity contribution in [2.45, 2.75) is 0 Å². The highest BCUT2D eigenvalue weighted by atomic mass is 16.5. The van der Waals surface area contributed by atoms with E-state index in [9.17, 15) is 4.79 Å². The van der Waals surface area contributed by atoms with E-state index >= 15 is 0 Å². The van der Waals surface area contributed by atoms with Gasteiger partial charge < -0.3 is 4.74 Å². The number of carbonyl (C=O) groups excluding carboxylic acids is 1. The van der Waals surface area contributed by atoms with Crippen LogP contribution in [-0.2, 0) is 4.74 Å². The number of amides is 1. The van der Waals surface area contributed by atoms with Crippen LogP contribution in [0, 0.1) is 12.5 Å². The first-order valence-electron chi connectivity index (χ1n) is 1.44. The first-order chi connectivity index (χ1) is 3.31. The van der Waals surface area contributed by atoms with Gasteiger partial charge >= 0.3 is 6.09 Å². The number of hydrogen-bond donors (Lipinski definition) is 2. The molecule has 0 fully saturated rings. The fourth-order valence-corrected chi connectivity index (χ4v) is 0.0830. The summed E-state index contributed by atoms with van der Waals surface area (Å²) in [4.78, 5) is 9.81. The molecule has 0 aliphatic heterocycles. The molecule has 0 rings (SSSR count). The highest BCUT2D eigenvalue weighted by molar-refractivity contribution is 5.67. The van der Waals surface area contributed by atoms with Gasteiger partial charge in [0.05, 0.1) is 0 Å². The molecular weight excluding hydrogens is 96.0 g/mol. The van der Waals surface area contributed by atoms with E-state index < -0.39 is 6.09 Å². The Hall–Kier alpha value is -1.21. The van der Waals surface area contributed by atoms with Crippen LogP contribution in [-0.4, -0.2) is 6.09 Å². The first-order valence-corrected chi connectivity index (χ1v) is 1.44. The third-order valence-electron chi connectivity index (χ3n) is 0.269. The van der Waals surface area contributed by atoms with Gasteiger partial charge in [0, 0.05) is 0 Å². The van der Waals surface area contributed by atoms with Crippen LogP contribution in [0.25, 0.3) is 0 Å². The topological polar surface area (TPSA) is 64.3 Å². The van der Waals surface area contributed by atoms with Crippen LogP contribution in [0.4, 0.5) is 4.79 Å². The number of carbonyl (C=O) groups is 1. The Morgan fingerprint density at radius 2 is 2.57 bits per heavy atom. The third-order valence-corrected chi connectivity index (χ3v) is 0.269. The molecular formula is C3H4N2O2. The molecule has 0 heterocycles. The summed E-state index contributed by atoms with van der Waals surface area (Å²) in [6.45, 7) is 0. The lowest BCUT2D eigenvalue weighted by Gasteiger charge is -1.88. The summed E-state index contributed by atoms with van der Waals surface area (Å²) < 4.78 is 3.84. The highest BCUT2D eigenvalue weighted by Gasteiger charge is 1.89. The molecule has 3 N–H and O–H groups in total. The van der Waals surface area contributed by atoms with Crippen molar-refractivity contribution in [1.29, 1.82) is 0 Å². The number of nitrogens with two attached hydrogens (primary N) is 1. The zero-order chi connectivity index (χ0) is 5.70. The van der Waals surface area contributed by atoms with Crippen LogP contribution >= 0.6 is 0 Å². The van der Waals surface area contributed by atoms with E-state index in [-0.39, 0.29) is 0 Å². The molecule has 0 spiro atoms. The number of hydrogen-bond acceptors (Lipinski definition) is 3. The van der Waals surface area contributed by atoms with Gasteiger partial charge in [0.1, 0.15) is 6.11 Å². The fraction of sp³-hybridized carbons (Fsp3) is 0. The van der Waals surface area contributed by atoms with Crippen LogP contribution in [0.2, 0.25) is 0 Å². The van der Waals surface area contributed by atoms with Crippen molar-refractivity contribution in [1.82, 2.24) is 5.43 Å². The van der Waals surface area contributed by atoms with Crippen molar-refractivity contribution < 1.29 is 9.53 Å². The lowest BCUT2D eigenvalue weighted by atomic mass is 11.1. The smallest absolute Gasteiger partial charge is 0.355 e. The van der Waals surface area contributed by atoms with E-state index in [2.05, 4.69) is 17.0 Å². The minimum Gasteiger partial charge on any atom is -0.355 e. The Kier molecular flexibility index (Phi) is 2.48. The van der Waals surface area contributed by atoms with Gasteiger partial charge in [0.15, 0.2) is 0 Å². The molecule has 1 amide bonds. The number of hydrazine groups is 1. The number of nitrogens with one attached hydrogen (secondary N) is 1. The minimum absolute atomic E-state index is 0.831. The predicted octanol–water partition coefficient (Wildman–Crippen LogP) is -0.823. The van der Waals surface area contributed by atoms with Crippen molar-refractivity contribution in [2.24, 2.45) is 5.84 Å². The second-order valence-electron chi connectivity index (χ2n) is 0.652. The van der Waals surface area contributed by atoms with Crippen LogP contribution in [0.3, 0.4) is 0 Å². The zero-order valence-corrected chi connectivity index (χ0v) is 3.47. The molecule has 0 aromatic rings. The zero-order valence-electron chi connectivity index (χ0n) is 3.47. The second kappa shape index (κ2) is 3.00. The average molecular weight is 100 g/mol. The molecule has 0 aromatic carbocycles. The Morgan fingerprint density at radius 1 is 2.00 bits per heavy atom. The quantitative estimate of drug-likeness (QED) is 0.181. The highest BCUT2D eigenvalue weighted by Crippen LogP contribution is 1.65. The molecule has 4 heteroatoms. The van der Waals surface area contributed by atoms with Crippen molar-refractivity contribution in [3.63, 3.8) is 0 Å². The summed E-state index contributed by atoms with van der Waals surface area (Å²) in [5, 5.41) is 0. The van der Waals surface area contributed by atoms with Gasteiger partial charge in [0.25, 0.3) is 0 Å². The fourth-order valence-electron chi connectivity index (χ4n) is 0.0830. The van der Waals surface area contributed by atoms with Gasteiger partial charge in [-0.3, -0.25) is 5.43 Å². The first kappa shape index (κ1) is 5.79. The van der Waals surface area contributed by atoms with E-state index in [1.165, 1.54) is 0 Å². The largest absolute Gasteiger partial charge is 0.435 e. The van der Waals surface area contributed by atoms with Crippen LogP contribution in [0.1, 0.15) is 0 Å². The Labute approximate surface area is 40.6 Å². The van der Waals surface area contributed by atoms with Crippen molar-refractivity contribution in [3.05, 3.63) is 0 Å². The van der Waals surface area contributed by atoms with Crippen LogP contribution in [0.15, 0.2) is 0 Å². The molecule has 0 saturated heterocycles. The molecule has 0 aliphatic carbocycles.